The molecule has 0 unspecified atom stereocenters. The minimum absolute atomic E-state index is 0.0878. The van der Waals surface area contributed by atoms with Crippen LogP contribution in [0.2, 0.25) is 0 Å². The highest BCUT2D eigenvalue weighted by atomic mass is 32.2. The van der Waals surface area contributed by atoms with Crippen molar-refractivity contribution in [1.29, 1.82) is 0 Å². The number of anilines is 2. The second-order valence-electron chi connectivity index (χ2n) is 8.52. The van der Waals surface area contributed by atoms with Crippen LogP contribution in [0.5, 0.6) is 0 Å². The zero-order valence-corrected chi connectivity index (χ0v) is 22.1. The molecule has 4 aromatic carbocycles. The van der Waals surface area contributed by atoms with Crippen LogP contribution in [-0.4, -0.2) is 25.9 Å². The summed E-state index contributed by atoms with van der Waals surface area (Å²) in [6.45, 7) is 2.28. The van der Waals surface area contributed by atoms with Crippen LogP contribution < -0.4 is 9.21 Å². The fourth-order valence-electron chi connectivity index (χ4n) is 4.13. The van der Waals surface area contributed by atoms with Crippen LogP contribution >= 0.6 is 11.3 Å². The number of para-hydroxylation sites is 1. The average Bonchev–Trinajstić information content (AvgIpc) is 3.36. The predicted molar refractivity (Wildman–Crippen MR) is 150 cm³/mol. The van der Waals surface area contributed by atoms with Crippen LogP contribution in [0.3, 0.4) is 0 Å². The average molecular weight is 546 g/mol. The summed E-state index contributed by atoms with van der Waals surface area (Å²) < 4.78 is 42.5. The molecule has 0 fully saturated rings. The standard InChI is InChI=1S/C29H24FN3O3S2/c1-2-33(24-11-7-4-8-12-24)38(35,36)25-16-13-22(14-17-25)28(34)32(20-21-9-5-3-6-10-21)29-31-26-18-15-23(30)19-27(26)37-29/h3-19H,2,20H2,1H3. The third-order valence-electron chi connectivity index (χ3n) is 6.02. The third kappa shape index (κ3) is 5.16. The number of aromatic nitrogens is 1. The summed E-state index contributed by atoms with van der Waals surface area (Å²) in [6, 6.07) is 28.6. The Morgan fingerprint density at radius 3 is 2.21 bits per heavy atom. The van der Waals surface area contributed by atoms with Gasteiger partial charge >= 0.3 is 0 Å². The summed E-state index contributed by atoms with van der Waals surface area (Å²) in [5.41, 5.74) is 2.37. The van der Waals surface area contributed by atoms with Gasteiger partial charge in [-0.3, -0.25) is 14.0 Å². The molecule has 0 bridgehead atoms. The molecule has 0 aliphatic carbocycles. The Kier molecular flexibility index (Phi) is 7.22. The Balaban J connectivity index is 1.48. The second kappa shape index (κ2) is 10.7. The Morgan fingerprint density at radius 2 is 1.55 bits per heavy atom. The number of thiazole rings is 1. The van der Waals surface area contributed by atoms with Crippen molar-refractivity contribution in [2.24, 2.45) is 0 Å². The number of benzene rings is 4. The summed E-state index contributed by atoms with van der Waals surface area (Å²) in [6.07, 6.45) is 0. The first-order chi connectivity index (χ1) is 18.4. The normalized spacial score (nSPS) is 11.4. The highest BCUT2D eigenvalue weighted by molar-refractivity contribution is 7.92. The summed E-state index contributed by atoms with van der Waals surface area (Å²) in [4.78, 5) is 19.9. The van der Waals surface area contributed by atoms with E-state index in [1.807, 2.05) is 36.4 Å². The van der Waals surface area contributed by atoms with Crippen molar-refractivity contribution in [3.8, 4) is 0 Å². The lowest BCUT2D eigenvalue weighted by Crippen LogP contribution is -2.31. The summed E-state index contributed by atoms with van der Waals surface area (Å²) in [5.74, 6) is -0.713. The minimum atomic E-state index is -3.83. The Bertz CT molecular complexity index is 1670. The number of nitrogens with zero attached hydrogens (tertiary/aromatic N) is 3. The molecule has 0 saturated carbocycles. The Labute approximate surface area is 224 Å². The molecule has 0 spiro atoms. The van der Waals surface area contributed by atoms with E-state index < -0.39 is 10.0 Å². The van der Waals surface area contributed by atoms with Crippen molar-refractivity contribution in [1.82, 2.24) is 4.98 Å². The van der Waals surface area contributed by atoms with Gasteiger partial charge in [-0.1, -0.05) is 59.9 Å². The smallest absolute Gasteiger partial charge is 0.264 e. The lowest BCUT2D eigenvalue weighted by Gasteiger charge is -2.23. The van der Waals surface area contributed by atoms with Gasteiger partial charge in [0.15, 0.2) is 5.13 Å². The van der Waals surface area contributed by atoms with E-state index in [4.69, 9.17) is 0 Å². The van der Waals surface area contributed by atoms with Crippen molar-refractivity contribution in [3.05, 3.63) is 120 Å². The first-order valence-corrected chi connectivity index (χ1v) is 14.2. The Hall–Kier alpha value is -4.08. The predicted octanol–water partition coefficient (Wildman–Crippen LogP) is 6.50. The van der Waals surface area contributed by atoms with Crippen molar-refractivity contribution in [2.45, 2.75) is 18.4 Å². The molecule has 0 atom stereocenters. The molecule has 1 aromatic heterocycles. The van der Waals surface area contributed by atoms with Crippen molar-refractivity contribution >= 4 is 48.3 Å². The molecule has 5 aromatic rings. The molecule has 6 nitrogen and oxygen atoms in total. The monoisotopic (exact) mass is 545 g/mol. The van der Waals surface area contributed by atoms with Crippen LogP contribution in [0.15, 0.2) is 108 Å². The largest absolute Gasteiger partial charge is 0.279 e. The number of sulfonamides is 1. The van der Waals surface area contributed by atoms with Gasteiger partial charge in [0.2, 0.25) is 0 Å². The lowest BCUT2D eigenvalue weighted by atomic mass is 10.1. The van der Waals surface area contributed by atoms with Crippen LogP contribution in [0.1, 0.15) is 22.8 Å². The van der Waals surface area contributed by atoms with Gasteiger partial charge in [-0.2, -0.15) is 0 Å². The van der Waals surface area contributed by atoms with E-state index in [2.05, 4.69) is 4.98 Å². The molecule has 1 amide bonds. The molecule has 0 aliphatic heterocycles. The summed E-state index contributed by atoms with van der Waals surface area (Å²) >= 11 is 1.23. The van der Waals surface area contributed by atoms with E-state index in [9.17, 15) is 17.6 Å². The summed E-state index contributed by atoms with van der Waals surface area (Å²) in [5, 5.41) is 0.428. The number of halogens is 1. The third-order valence-corrected chi connectivity index (χ3v) is 8.98. The number of carbonyl (C=O) groups excluding carboxylic acids is 1. The zero-order chi connectivity index (χ0) is 26.7. The number of amides is 1. The maximum Gasteiger partial charge on any atom is 0.264 e. The van der Waals surface area contributed by atoms with Crippen LogP contribution in [0.4, 0.5) is 15.2 Å². The number of hydrogen-bond acceptors (Lipinski definition) is 5. The van der Waals surface area contributed by atoms with Gasteiger partial charge in [-0.05, 0) is 67.1 Å². The maximum atomic E-state index is 13.8. The van der Waals surface area contributed by atoms with Gasteiger partial charge in [-0.25, -0.2) is 17.8 Å². The van der Waals surface area contributed by atoms with Gasteiger partial charge in [0.05, 0.1) is 27.3 Å². The molecular formula is C29H24FN3O3S2. The highest BCUT2D eigenvalue weighted by Crippen LogP contribution is 2.32. The zero-order valence-electron chi connectivity index (χ0n) is 20.5. The van der Waals surface area contributed by atoms with Crippen molar-refractivity contribution in [2.75, 3.05) is 15.7 Å². The first kappa shape index (κ1) is 25.6. The quantitative estimate of drug-likeness (QED) is 0.223. The fraction of sp³-hybridized carbons (Fsp3) is 0.103. The van der Waals surface area contributed by atoms with Crippen molar-refractivity contribution < 1.29 is 17.6 Å². The molecule has 0 aliphatic rings. The van der Waals surface area contributed by atoms with Crippen LogP contribution in [0.25, 0.3) is 10.2 Å². The molecular weight excluding hydrogens is 521 g/mol. The van der Waals surface area contributed by atoms with Gasteiger partial charge in [-0.15, -0.1) is 0 Å². The van der Waals surface area contributed by atoms with E-state index >= 15 is 0 Å². The second-order valence-corrected chi connectivity index (χ2v) is 11.4. The Morgan fingerprint density at radius 1 is 0.895 bits per heavy atom. The maximum absolute atomic E-state index is 13.8. The SMILES string of the molecule is CCN(c1ccccc1)S(=O)(=O)c1ccc(C(=O)N(Cc2ccccc2)c2nc3ccc(F)cc3s2)cc1. The van der Waals surface area contributed by atoms with E-state index in [-0.39, 0.29) is 29.7 Å². The first-order valence-electron chi connectivity index (χ1n) is 12.0. The minimum Gasteiger partial charge on any atom is -0.279 e. The number of fused-ring (bicyclic) bond motifs is 1. The molecule has 0 saturated heterocycles. The van der Waals surface area contributed by atoms with Gasteiger partial charge in [0.25, 0.3) is 15.9 Å². The number of carbonyl (C=O) groups is 1. The number of hydrogen-bond donors (Lipinski definition) is 0. The van der Waals surface area contributed by atoms with Crippen LogP contribution in [-0.2, 0) is 16.6 Å². The lowest BCUT2D eigenvalue weighted by molar-refractivity contribution is 0.0985. The molecule has 192 valence electrons. The molecule has 0 radical (unpaired) electrons. The fourth-order valence-corrected chi connectivity index (χ4v) is 6.59. The van der Waals surface area contributed by atoms with E-state index in [1.165, 1.54) is 56.9 Å². The van der Waals surface area contributed by atoms with Gasteiger partial charge < -0.3 is 0 Å². The van der Waals surface area contributed by atoms with E-state index in [1.54, 1.807) is 37.3 Å². The molecule has 9 heteroatoms. The molecule has 1 heterocycles. The van der Waals surface area contributed by atoms with Gasteiger partial charge in [0.1, 0.15) is 5.82 Å². The molecule has 5 rings (SSSR count). The molecule has 0 N–H and O–H groups in total. The summed E-state index contributed by atoms with van der Waals surface area (Å²) in [7, 11) is -3.83. The van der Waals surface area contributed by atoms with E-state index in [0.29, 0.717) is 26.6 Å². The van der Waals surface area contributed by atoms with Crippen LogP contribution in [0, 0.1) is 5.82 Å². The van der Waals surface area contributed by atoms with Crippen molar-refractivity contribution in [3.63, 3.8) is 0 Å². The van der Waals surface area contributed by atoms with Gasteiger partial charge in [0, 0.05) is 12.1 Å². The topological polar surface area (TPSA) is 70.6 Å². The number of rotatable bonds is 8. The van der Waals surface area contributed by atoms with E-state index in [0.717, 1.165) is 5.56 Å². The highest BCUT2D eigenvalue weighted by Gasteiger charge is 2.26. The molecule has 38 heavy (non-hydrogen) atoms.